The van der Waals surface area contributed by atoms with E-state index in [2.05, 4.69) is 5.32 Å². The summed E-state index contributed by atoms with van der Waals surface area (Å²) in [6, 6.07) is 6.91. The average Bonchev–Trinajstić information content (AvgIpc) is 2.36. The Morgan fingerprint density at radius 3 is 2.70 bits per heavy atom. The third-order valence-corrected chi connectivity index (χ3v) is 3.59. The highest BCUT2D eigenvalue weighted by Crippen LogP contribution is 2.35. The van der Waals surface area contributed by atoms with Crippen molar-refractivity contribution >= 4 is 11.9 Å². The van der Waals surface area contributed by atoms with Crippen LogP contribution in [-0.4, -0.2) is 29.1 Å². The summed E-state index contributed by atoms with van der Waals surface area (Å²) >= 11 is 0. The molecule has 0 saturated heterocycles. The fourth-order valence-electron chi connectivity index (χ4n) is 2.45. The van der Waals surface area contributed by atoms with E-state index in [0.717, 1.165) is 19.3 Å². The van der Waals surface area contributed by atoms with Crippen molar-refractivity contribution in [3.05, 3.63) is 29.8 Å². The van der Waals surface area contributed by atoms with Gasteiger partial charge in [0, 0.05) is 5.56 Å². The van der Waals surface area contributed by atoms with Crippen molar-refractivity contribution in [2.24, 2.45) is 0 Å². The van der Waals surface area contributed by atoms with Crippen LogP contribution in [0.3, 0.4) is 0 Å². The van der Waals surface area contributed by atoms with Crippen LogP contribution in [0, 0.1) is 0 Å². The van der Waals surface area contributed by atoms with Gasteiger partial charge in [-0.25, -0.2) is 0 Å². The van der Waals surface area contributed by atoms with Crippen LogP contribution in [-0.2, 0) is 4.79 Å². The van der Waals surface area contributed by atoms with Gasteiger partial charge in [0.15, 0.2) is 0 Å². The number of benzene rings is 1. The van der Waals surface area contributed by atoms with Crippen LogP contribution in [0.25, 0.3) is 0 Å². The molecule has 1 aliphatic rings. The first-order valence-electron chi connectivity index (χ1n) is 6.82. The Bertz CT molecular complexity index is 508. The van der Waals surface area contributed by atoms with E-state index in [-0.39, 0.29) is 12.3 Å². The molecule has 1 amide bonds. The molecule has 0 radical (unpaired) electrons. The van der Waals surface area contributed by atoms with Crippen molar-refractivity contribution in [2.75, 3.05) is 6.61 Å². The smallest absolute Gasteiger partial charge is 0.305 e. The maximum atomic E-state index is 12.2. The largest absolute Gasteiger partial charge is 0.494 e. The van der Waals surface area contributed by atoms with Gasteiger partial charge in [-0.05, 0) is 44.4 Å². The molecule has 1 aromatic rings. The minimum Gasteiger partial charge on any atom is -0.494 e. The number of aliphatic carboxylic acids is 1. The van der Waals surface area contributed by atoms with Crippen LogP contribution in [0.15, 0.2) is 24.3 Å². The molecule has 2 rings (SSSR count). The zero-order valence-electron chi connectivity index (χ0n) is 11.5. The molecule has 20 heavy (non-hydrogen) atoms. The van der Waals surface area contributed by atoms with Crippen molar-refractivity contribution in [3.8, 4) is 5.75 Å². The Balaban J connectivity index is 2.07. The SMILES string of the molecule is CCOc1cccc(C(=O)NC2(CC(=O)O)CCC2)c1. The number of nitrogens with one attached hydrogen (secondary N) is 1. The summed E-state index contributed by atoms with van der Waals surface area (Å²) in [6.07, 6.45) is 2.36. The van der Waals surface area contributed by atoms with Crippen molar-refractivity contribution in [1.29, 1.82) is 0 Å². The summed E-state index contributed by atoms with van der Waals surface area (Å²) in [6.45, 7) is 2.41. The summed E-state index contributed by atoms with van der Waals surface area (Å²) in [4.78, 5) is 23.1. The number of carboxylic acid groups (broad SMARTS) is 1. The predicted octanol–water partition coefficient (Wildman–Crippen LogP) is 2.21. The van der Waals surface area contributed by atoms with E-state index in [1.807, 2.05) is 6.92 Å². The summed E-state index contributed by atoms with van der Waals surface area (Å²) in [5.74, 6) is -0.485. The number of carbonyl (C=O) groups excluding carboxylic acids is 1. The number of ether oxygens (including phenoxy) is 1. The van der Waals surface area contributed by atoms with E-state index in [0.29, 0.717) is 17.9 Å². The minimum absolute atomic E-state index is 0.0239. The lowest BCUT2D eigenvalue weighted by molar-refractivity contribution is -0.139. The van der Waals surface area contributed by atoms with Gasteiger partial charge >= 0.3 is 5.97 Å². The molecule has 0 bridgehead atoms. The standard InChI is InChI=1S/C15H19NO4/c1-2-20-12-6-3-5-11(9-12)14(19)16-15(7-4-8-15)10-13(17)18/h3,5-6,9H,2,4,7-8,10H2,1H3,(H,16,19)(H,17,18). The zero-order valence-corrected chi connectivity index (χ0v) is 11.5. The maximum absolute atomic E-state index is 12.2. The second kappa shape index (κ2) is 5.94. The Kier molecular flexibility index (Phi) is 4.27. The molecule has 108 valence electrons. The summed E-state index contributed by atoms with van der Waals surface area (Å²) in [5.41, 5.74) is -0.0857. The van der Waals surface area contributed by atoms with E-state index >= 15 is 0 Å². The van der Waals surface area contributed by atoms with Gasteiger partial charge in [-0.3, -0.25) is 9.59 Å². The minimum atomic E-state index is -0.881. The Hall–Kier alpha value is -2.04. The normalized spacial score (nSPS) is 16.1. The molecule has 0 heterocycles. The van der Waals surface area contributed by atoms with Crippen LogP contribution >= 0.6 is 0 Å². The van der Waals surface area contributed by atoms with E-state index in [4.69, 9.17) is 9.84 Å². The first kappa shape index (κ1) is 14.4. The molecule has 0 unspecified atom stereocenters. The highest BCUT2D eigenvalue weighted by atomic mass is 16.5. The van der Waals surface area contributed by atoms with Gasteiger partial charge in [-0.2, -0.15) is 0 Å². The van der Waals surface area contributed by atoms with Crippen LogP contribution in [0.1, 0.15) is 43.0 Å². The van der Waals surface area contributed by atoms with Gasteiger partial charge in [-0.1, -0.05) is 6.07 Å². The van der Waals surface area contributed by atoms with Gasteiger partial charge in [0.25, 0.3) is 5.91 Å². The number of hydrogen-bond acceptors (Lipinski definition) is 3. The van der Waals surface area contributed by atoms with Crippen LogP contribution in [0.5, 0.6) is 5.75 Å². The molecule has 0 aliphatic heterocycles. The van der Waals surface area contributed by atoms with Crippen LogP contribution in [0.2, 0.25) is 0 Å². The first-order chi connectivity index (χ1) is 9.54. The topological polar surface area (TPSA) is 75.6 Å². The fourth-order valence-corrected chi connectivity index (χ4v) is 2.45. The molecule has 0 spiro atoms. The van der Waals surface area contributed by atoms with Crippen LogP contribution in [0.4, 0.5) is 0 Å². The lowest BCUT2D eigenvalue weighted by atomic mass is 9.74. The van der Waals surface area contributed by atoms with Crippen molar-refractivity contribution < 1.29 is 19.4 Å². The van der Waals surface area contributed by atoms with E-state index in [9.17, 15) is 9.59 Å². The number of carboxylic acids is 1. The zero-order chi connectivity index (χ0) is 14.6. The quantitative estimate of drug-likeness (QED) is 0.836. The van der Waals surface area contributed by atoms with E-state index < -0.39 is 11.5 Å². The molecule has 5 heteroatoms. The van der Waals surface area contributed by atoms with Gasteiger partial charge in [-0.15, -0.1) is 0 Å². The number of carbonyl (C=O) groups is 2. The number of rotatable bonds is 6. The molecule has 2 N–H and O–H groups in total. The highest BCUT2D eigenvalue weighted by molar-refractivity contribution is 5.95. The van der Waals surface area contributed by atoms with Crippen LogP contribution < -0.4 is 10.1 Å². The lowest BCUT2D eigenvalue weighted by Crippen LogP contribution is -2.54. The number of amides is 1. The molecule has 1 aromatic carbocycles. The van der Waals surface area contributed by atoms with Gasteiger partial charge in [0.2, 0.25) is 0 Å². The Labute approximate surface area is 117 Å². The van der Waals surface area contributed by atoms with Gasteiger partial charge < -0.3 is 15.2 Å². The third kappa shape index (κ3) is 3.29. The first-order valence-corrected chi connectivity index (χ1v) is 6.82. The van der Waals surface area contributed by atoms with Gasteiger partial charge in [0.05, 0.1) is 18.6 Å². The number of hydrogen-bond donors (Lipinski definition) is 2. The molecular weight excluding hydrogens is 258 g/mol. The van der Waals surface area contributed by atoms with Gasteiger partial charge in [0.1, 0.15) is 5.75 Å². The Morgan fingerprint density at radius 1 is 1.40 bits per heavy atom. The predicted molar refractivity (Wildman–Crippen MR) is 73.9 cm³/mol. The van der Waals surface area contributed by atoms with Crippen molar-refractivity contribution in [1.82, 2.24) is 5.32 Å². The second-order valence-electron chi connectivity index (χ2n) is 5.12. The molecule has 5 nitrogen and oxygen atoms in total. The highest BCUT2D eigenvalue weighted by Gasteiger charge is 2.40. The summed E-state index contributed by atoms with van der Waals surface area (Å²) in [5, 5.41) is 11.8. The molecule has 1 fully saturated rings. The van der Waals surface area contributed by atoms with Crippen molar-refractivity contribution in [2.45, 2.75) is 38.1 Å². The maximum Gasteiger partial charge on any atom is 0.305 e. The van der Waals surface area contributed by atoms with E-state index in [1.165, 1.54) is 0 Å². The second-order valence-corrected chi connectivity index (χ2v) is 5.12. The molecular formula is C15H19NO4. The molecule has 1 aliphatic carbocycles. The monoisotopic (exact) mass is 277 g/mol. The van der Waals surface area contributed by atoms with E-state index in [1.54, 1.807) is 24.3 Å². The van der Waals surface area contributed by atoms with Crippen molar-refractivity contribution in [3.63, 3.8) is 0 Å². The Morgan fingerprint density at radius 2 is 2.15 bits per heavy atom. The molecule has 0 atom stereocenters. The lowest BCUT2D eigenvalue weighted by Gasteiger charge is -2.41. The molecule has 1 saturated carbocycles. The fraction of sp³-hybridized carbons (Fsp3) is 0.467. The summed E-state index contributed by atoms with van der Waals surface area (Å²) < 4.78 is 5.36. The summed E-state index contributed by atoms with van der Waals surface area (Å²) in [7, 11) is 0. The molecule has 0 aromatic heterocycles. The third-order valence-electron chi connectivity index (χ3n) is 3.59. The average molecular weight is 277 g/mol.